The van der Waals surface area contributed by atoms with Crippen LogP contribution in [0.3, 0.4) is 0 Å². The van der Waals surface area contributed by atoms with Crippen LogP contribution in [0.25, 0.3) is 0 Å². The van der Waals surface area contributed by atoms with E-state index in [2.05, 4.69) is 34.7 Å². The van der Waals surface area contributed by atoms with Crippen LogP contribution < -0.4 is 5.32 Å². The maximum Gasteiger partial charge on any atom is 0.258 e. The molecule has 0 spiro atoms. The molecule has 6 heteroatoms. The summed E-state index contributed by atoms with van der Waals surface area (Å²) in [5.41, 5.74) is 3.87. The molecule has 1 aliphatic rings. The first-order valence-electron chi connectivity index (χ1n) is 8.93. The lowest BCUT2D eigenvalue weighted by atomic mass is 9.88. The van der Waals surface area contributed by atoms with Gasteiger partial charge in [0.15, 0.2) is 0 Å². The molecule has 0 aliphatic heterocycles. The molecule has 27 heavy (non-hydrogen) atoms. The van der Waals surface area contributed by atoms with Gasteiger partial charge in [-0.2, -0.15) is 5.10 Å². The average Bonchev–Trinajstić information content (AvgIpc) is 3.03. The Hall–Kier alpha value is -2.30. The molecule has 0 radical (unpaired) electrons. The number of hydrogen-bond acceptors (Lipinski definition) is 2. The molecule has 1 aliphatic carbocycles. The molecule has 1 amide bonds. The van der Waals surface area contributed by atoms with Crippen LogP contribution in [0, 0.1) is 6.92 Å². The van der Waals surface area contributed by atoms with Crippen molar-refractivity contribution in [3.05, 3.63) is 81.0 Å². The summed E-state index contributed by atoms with van der Waals surface area (Å²) in [4.78, 5) is 12.8. The summed E-state index contributed by atoms with van der Waals surface area (Å²) in [7, 11) is 0. The highest BCUT2D eigenvalue weighted by molar-refractivity contribution is 6.44. The molecule has 1 atom stereocenters. The lowest BCUT2D eigenvalue weighted by molar-refractivity contribution is 0.102. The van der Waals surface area contributed by atoms with Gasteiger partial charge in [0.1, 0.15) is 5.82 Å². The molecule has 0 fully saturated rings. The predicted molar refractivity (Wildman–Crippen MR) is 109 cm³/mol. The topological polar surface area (TPSA) is 46.9 Å². The zero-order valence-corrected chi connectivity index (χ0v) is 16.4. The Morgan fingerprint density at radius 1 is 1.19 bits per heavy atom. The van der Waals surface area contributed by atoms with Gasteiger partial charge >= 0.3 is 0 Å². The van der Waals surface area contributed by atoms with Crippen LogP contribution in [-0.2, 0) is 6.42 Å². The molecular formula is C21H19Cl2N3O. The quantitative estimate of drug-likeness (QED) is 0.615. The van der Waals surface area contributed by atoms with Crippen LogP contribution in [0.5, 0.6) is 0 Å². The maximum atomic E-state index is 12.8. The summed E-state index contributed by atoms with van der Waals surface area (Å²) < 4.78 is 1.92. The van der Waals surface area contributed by atoms with Crippen LogP contribution in [-0.4, -0.2) is 15.7 Å². The van der Waals surface area contributed by atoms with Gasteiger partial charge in [-0.05, 0) is 49.4 Å². The molecule has 0 saturated heterocycles. The Morgan fingerprint density at radius 2 is 2.00 bits per heavy atom. The van der Waals surface area contributed by atoms with Crippen molar-refractivity contribution < 1.29 is 4.79 Å². The lowest BCUT2D eigenvalue weighted by Gasteiger charge is -2.27. The molecule has 138 valence electrons. The Labute approximate surface area is 168 Å². The van der Waals surface area contributed by atoms with Gasteiger partial charge in [-0.25, -0.2) is 4.68 Å². The van der Waals surface area contributed by atoms with Crippen molar-refractivity contribution in [3.63, 3.8) is 0 Å². The number of rotatable bonds is 3. The molecule has 3 aromatic rings. The highest BCUT2D eigenvalue weighted by Gasteiger charge is 2.26. The number of aromatic nitrogens is 2. The predicted octanol–water partition coefficient (Wildman–Crippen LogP) is 5.68. The van der Waals surface area contributed by atoms with E-state index in [-0.39, 0.29) is 17.0 Å². The van der Waals surface area contributed by atoms with E-state index in [0.29, 0.717) is 16.4 Å². The van der Waals surface area contributed by atoms with Gasteiger partial charge < -0.3 is 5.32 Å². The van der Waals surface area contributed by atoms with E-state index in [1.54, 1.807) is 24.4 Å². The Morgan fingerprint density at radius 3 is 2.85 bits per heavy atom. The van der Waals surface area contributed by atoms with Crippen molar-refractivity contribution in [1.82, 2.24) is 9.78 Å². The fourth-order valence-electron chi connectivity index (χ4n) is 3.68. The number of carbonyl (C=O) groups excluding carboxylic acids is 1. The van der Waals surface area contributed by atoms with Crippen LogP contribution >= 0.6 is 23.2 Å². The Bertz CT molecular complexity index is 1010. The second kappa shape index (κ2) is 7.37. The van der Waals surface area contributed by atoms with Crippen molar-refractivity contribution in [2.75, 3.05) is 5.32 Å². The number of nitrogens with zero attached hydrogens (tertiary/aromatic N) is 2. The third-order valence-corrected chi connectivity index (χ3v) is 5.86. The van der Waals surface area contributed by atoms with Gasteiger partial charge in [0.05, 0.1) is 27.8 Å². The van der Waals surface area contributed by atoms with E-state index < -0.39 is 0 Å². The van der Waals surface area contributed by atoms with Crippen LogP contribution in [0.15, 0.2) is 48.7 Å². The van der Waals surface area contributed by atoms with E-state index in [1.165, 1.54) is 11.1 Å². The number of benzene rings is 2. The summed E-state index contributed by atoms with van der Waals surface area (Å²) >= 11 is 12.3. The Kier molecular flexibility index (Phi) is 4.94. The fraction of sp³-hybridized carbons (Fsp3) is 0.238. The van der Waals surface area contributed by atoms with Crippen LogP contribution in [0.4, 0.5) is 5.82 Å². The summed E-state index contributed by atoms with van der Waals surface area (Å²) in [6.45, 7) is 1.94. The second-order valence-corrected chi connectivity index (χ2v) is 7.57. The van der Waals surface area contributed by atoms with Crippen LogP contribution in [0.2, 0.25) is 10.0 Å². The first-order chi connectivity index (χ1) is 13.1. The highest BCUT2D eigenvalue weighted by Crippen LogP contribution is 2.35. The maximum absolute atomic E-state index is 12.8. The average molecular weight is 400 g/mol. The summed E-state index contributed by atoms with van der Waals surface area (Å²) in [5, 5.41) is 8.17. The number of hydrogen-bond donors (Lipinski definition) is 1. The normalized spacial score (nSPS) is 16.0. The smallest absolute Gasteiger partial charge is 0.258 e. The van der Waals surface area contributed by atoms with E-state index in [4.69, 9.17) is 23.2 Å². The van der Waals surface area contributed by atoms with E-state index in [0.717, 1.165) is 24.8 Å². The van der Waals surface area contributed by atoms with Gasteiger partial charge in [-0.15, -0.1) is 0 Å². The molecule has 1 unspecified atom stereocenters. The standard InChI is InChI=1S/C21H19Cl2N3O/c1-13-12-24-26(18-11-4-7-14-6-2-3-8-15(14)18)20(13)25-21(27)16-9-5-10-17(22)19(16)23/h2-3,5-6,8-10,12,18H,4,7,11H2,1H3,(H,25,27). The minimum Gasteiger partial charge on any atom is -0.306 e. The molecule has 2 aromatic carbocycles. The van der Waals surface area contributed by atoms with Gasteiger partial charge in [-0.3, -0.25) is 4.79 Å². The number of fused-ring (bicyclic) bond motifs is 1. The number of halogens is 2. The third-order valence-electron chi connectivity index (χ3n) is 5.04. The van der Waals surface area contributed by atoms with Crippen molar-refractivity contribution in [1.29, 1.82) is 0 Å². The first kappa shape index (κ1) is 18.1. The second-order valence-electron chi connectivity index (χ2n) is 6.78. The van der Waals surface area contributed by atoms with Crippen molar-refractivity contribution in [3.8, 4) is 0 Å². The first-order valence-corrected chi connectivity index (χ1v) is 9.69. The van der Waals surface area contributed by atoms with Crippen LogP contribution in [0.1, 0.15) is 45.9 Å². The molecule has 4 nitrogen and oxygen atoms in total. The van der Waals surface area contributed by atoms with Gasteiger partial charge in [-0.1, -0.05) is 53.5 Å². The number of anilines is 1. The van der Waals surface area contributed by atoms with Crippen molar-refractivity contribution >= 4 is 34.9 Å². The zero-order chi connectivity index (χ0) is 19.0. The van der Waals surface area contributed by atoms with E-state index in [1.807, 2.05) is 11.6 Å². The van der Waals surface area contributed by atoms with E-state index in [9.17, 15) is 4.79 Å². The minimum atomic E-state index is -0.295. The highest BCUT2D eigenvalue weighted by atomic mass is 35.5. The largest absolute Gasteiger partial charge is 0.306 e. The molecule has 0 saturated carbocycles. The molecule has 1 N–H and O–H groups in total. The number of aryl methyl sites for hydroxylation is 2. The SMILES string of the molecule is Cc1cnn(C2CCCc3ccccc32)c1NC(=O)c1cccc(Cl)c1Cl. The molecule has 4 rings (SSSR count). The number of carbonyl (C=O) groups is 1. The monoisotopic (exact) mass is 399 g/mol. The van der Waals surface area contributed by atoms with Gasteiger partial charge in [0.25, 0.3) is 5.91 Å². The third kappa shape index (κ3) is 3.35. The molecule has 1 aromatic heterocycles. The van der Waals surface area contributed by atoms with E-state index >= 15 is 0 Å². The van der Waals surface area contributed by atoms with Crippen molar-refractivity contribution in [2.24, 2.45) is 0 Å². The Balaban J connectivity index is 1.69. The summed E-state index contributed by atoms with van der Waals surface area (Å²) in [6.07, 6.45) is 4.94. The number of amides is 1. The molecular weight excluding hydrogens is 381 g/mol. The number of nitrogens with one attached hydrogen (secondary N) is 1. The molecule has 1 heterocycles. The summed E-state index contributed by atoms with van der Waals surface area (Å²) in [6, 6.07) is 13.6. The van der Waals surface area contributed by atoms with Gasteiger partial charge in [0, 0.05) is 5.56 Å². The minimum absolute atomic E-state index is 0.105. The van der Waals surface area contributed by atoms with Crippen molar-refractivity contribution in [2.45, 2.75) is 32.2 Å². The summed E-state index contributed by atoms with van der Waals surface area (Å²) in [5.74, 6) is 0.397. The van der Waals surface area contributed by atoms with Gasteiger partial charge in [0.2, 0.25) is 0 Å². The lowest BCUT2D eigenvalue weighted by Crippen LogP contribution is -2.23. The molecule has 0 bridgehead atoms. The zero-order valence-electron chi connectivity index (χ0n) is 14.9. The fourth-order valence-corrected chi connectivity index (χ4v) is 4.06.